The lowest BCUT2D eigenvalue weighted by atomic mass is 9.84. The number of unbranched alkanes of at least 4 members (excludes halogenated alkanes) is 1. The smallest absolute Gasteiger partial charge is 0.315 e. The second-order valence-electron chi connectivity index (χ2n) is 4.95. The van der Waals surface area contributed by atoms with Gasteiger partial charge in [-0.3, -0.25) is 4.79 Å². The summed E-state index contributed by atoms with van der Waals surface area (Å²) >= 11 is 3.41. The number of halogens is 1. The molecule has 0 heterocycles. The van der Waals surface area contributed by atoms with E-state index in [4.69, 9.17) is 4.74 Å². The maximum absolute atomic E-state index is 12.1. The van der Waals surface area contributed by atoms with E-state index in [1.807, 2.05) is 38.1 Å². The maximum atomic E-state index is 12.1. The van der Waals surface area contributed by atoms with Gasteiger partial charge >= 0.3 is 5.97 Å². The van der Waals surface area contributed by atoms with Crippen molar-refractivity contribution in [3.63, 3.8) is 0 Å². The van der Waals surface area contributed by atoms with Crippen LogP contribution in [-0.2, 0) is 20.3 Å². The zero-order chi connectivity index (χ0) is 13.6. The molecule has 100 valence electrons. The number of carbonyl (C=O) groups excluding carboxylic acids is 1. The third-order valence-electron chi connectivity index (χ3n) is 3.07. The first-order valence-electron chi connectivity index (χ1n) is 6.35. The van der Waals surface area contributed by atoms with Crippen LogP contribution in [0.25, 0.3) is 0 Å². The van der Waals surface area contributed by atoms with Crippen molar-refractivity contribution in [1.29, 1.82) is 0 Å². The van der Waals surface area contributed by atoms with E-state index in [9.17, 15) is 4.79 Å². The van der Waals surface area contributed by atoms with Gasteiger partial charge in [0.1, 0.15) is 0 Å². The number of hydrogen-bond donors (Lipinski definition) is 0. The Morgan fingerprint density at radius 3 is 2.39 bits per heavy atom. The molecule has 0 saturated heterocycles. The van der Waals surface area contributed by atoms with Crippen molar-refractivity contribution in [3.8, 4) is 0 Å². The van der Waals surface area contributed by atoms with Crippen LogP contribution in [0.1, 0.15) is 44.7 Å². The Morgan fingerprint density at radius 1 is 1.28 bits per heavy atom. The van der Waals surface area contributed by atoms with Crippen LogP contribution in [0.4, 0.5) is 0 Å². The molecule has 0 N–H and O–H groups in total. The first-order valence-corrected chi connectivity index (χ1v) is 7.47. The Hall–Kier alpha value is -0.830. The van der Waals surface area contributed by atoms with Crippen molar-refractivity contribution in [1.82, 2.24) is 0 Å². The van der Waals surface area contributed by atoms with Gasteiger partial charge in [0.15, 0.2) is 0 Å². The third kappa shape index (κ3) is 3.84. The normalized spacial score (nSPS) is 11.3. The van der Waals surface area contributed by atoms with Crippen LogP contribution in [0.2, 0.25) is 0 Å². The highest BCUT2D eigenvalue weighted by molar-refractivity contribution is 9.08. The zero-order valence-electron chi connectivity index (χ0n) is 11.3. The quantitative estimate of drug-likeness (QED) is 0.447. The summed E-state index contributed by atoms with van der Waals surface area (Å²) in [6.45, 7) is 6.41. The van der Waals surface area contributed by atoms with Crippen LogP contribution in [0, 0.1) is 0 Å². The summed E-state index contributed by atoms with van der Waals surface area (Å²) in [6, 6.07) is 8.06. The summed E-state index contributed by atoms with van der Waals surface area (Å²) < 4.78 is 5.31. The van der Waals surface area contributed by atoms with Crippen molar-refractivity contribution >= 4 is 21.9 Å². The number of alkyl halides is 1. The van der Waals surface area contributed by atoms with Crippen LogP contribution >= 0.6 is 15.9 Å². The molecule has 0 aliphatic rings. The van der Waals surface area contributed by atoms with E-state index in [1.54, 1.807) is 0 Å². The SMILES string of the molecule is CCCCOC(=O)C(C)(C)c1ccc(CBr)cc1. The van der Waals surface area contributed by atoms with Crippen molar-refractivity contribution < 1.29 is 9.53 Å². The Labute approximate surface area is 118 Å². The molecule has 0 saturated carbocycles. The molecule has 0 unspecified atom stereocenters. The highest BCUT2D eigenvalue weighted by atomic mass is 79.9. The van der Waals surface area contributed by atoms with E-state index in [0.717, 1.165) is 23.7 Å². The molecule has 1 aromatic rings. The number of esters is 1. The Kier molecular flexibility index (Phi) is 5.86. The highest BCUT2D eigenvalue weighted by Gasteiger charge is 2.31. The number of rotatable bonds is 6. The van der Waals surface area contributed by atoms with Crippen LogP contribution in [0.5, 0.6) is 0 Å². The fourth-order valence-electron chi connectivity index (χ4n) is 1.62. The van der Waals surface area contributed by atoms with Gasteiger partial charge in [-0.15, -0.1) is 0 Å². The lowest BCUT2D eigenvalue weighted by Gasteiger charge is -2.23. The van der Waals surface area contributed by atoms with Crippen LogP contribution < -0.4 is 0 Å². The standard InChI is InChI=1S/C15H21BrO2/c1-4-5-10-18-14(17)15(2,3)13-8-6-12(11-16)7-9-13/h6-9H,4-5,10-11H2,1-3H3. The predicted octanol–water partition coefficient (Wildman–Crippen LogP) is 4.20. The molecule has 18 heavy (non-hydrogen) atoms. The van der Waals surface area contributed by atoms with Gasteiger partial charge in [0.2, 0.25) is 0 Å². The first kappa shape index (κ1) is 15.2. The Balaban J connectivity index is 2.74. The summed E-state index contributed by atoms with van der Waals surface area (Å²) in [7, 11) is 0. The maximum Gasteiger partial charge on any atom is 0.315 e. The molecule has 0 radical (unpaired) electrons. The van der Waals surface area contributed by atoms with Gasteiger partial charge in [0.05, 0.1) is 12.0 Å². The molecule has 1 rings (SSSR count). The molecular weight excluding hydrogens is 292 g/mol. The van der Waals surface area contributed by atoms with Gasteiger partial charge in [0.25, 0.3) is 0 Å². The Morgan fingerprint density at radius 2 is 1.89 bits per heavy atom. The van der Waals surface area contributed by atoms with Gasteiger partial charge in [-0.05, 0) is 31.4 Å². The van der Waals surface area contributed by atoms with Crippen molar-refractivity contribution in [2.24, 2.45) is 0 Å². The first-order chi connectivity index (χ1) is 8.52. The van der Waals surface area contributed by atoms with E-state index in [1.165, 1.54) is 5.56 Å². The molecule has 0 fully saturated rings. The molecule has 0 bridgehead atoms. The number of ether oxygens (including phenoxy) is 1. The van der Waals surface area contributed by atoms with E-state index in [2.05, 4.69) is 22.9 Å². The highest BCUT2D eigenvalue weighted by Crippen LogP contribution is 2.25. The summed E-state index contributed by atoms with van der Waals surface area (Å²) in [5, 5.41) is 0.828. The molecular formula is C15H21BrO2. The van der Waals surface area contributed by atoms with Crippen LogP contribution in [0.15, 0.2) is 24.3 Å². The number of benzene rings is 1. The molecule has 0 aliphatic heterocycles. The molecule has 0 atom stereocenters. The van der Waals surface area contributed by atoms with E-state index >= 15 is 0 Å². The average Bonchev–Trinajstić information content (AvgIpc) is 2.39. The average molecular weight is 313 g/mol. The van der Waals surface area contributed by atoms with E-state index in [0.29, 0.717) is 6.61 Å². The Bertz CT molecular complexity index is 382. The van der Waals surface area contributed by atoms with Crippen LogP contribution in [-0.4, -0.2) is 12.6 Å². The predicted molar refractivity (Wildman–Crippen MR) is 78.0 cm³/mol. The minimum absolute atomic E-state index is 0.150. The number of hydrogen-bond acceptors (Lipinski definition) is 2. The summed E-state index contributed by atoms with van der Waals surface area (Å²) in [6.07, 6.45) is 1.96. The summed E-state index contributed by atoms with van der Waals surface area (Å²) in [5.41, 5.74) is 1.61. The van der Waals surface area contributed by atoms with E-state index in [-0.39, 0.29) is 5.97 Å². The molecule has 0 aliphatic carbocycles. The molecule has 3 heteroatoms. The van der Waals surface area contributed by atoms with Gasteiger partial charge in [-0.25, -0.2) is 0 Å². The fraction of sp³-hybridized carbons (Fsp3) is 0.533. The minimum atomic E-state index is -0.585. The largest absolute Gasteiger partial charge is 0.465 e. The van der Waals surface area contributed by atoms with Gasteiger partial charge in [0, 0.05) is 5.33 Å². The van der Waals surface area contributed by atoms with Gasteiger partial charge in [-0.1, -0.05) is 53.5 Å². The van der Waals surface area contributed by atoms with Crippen molar-refractivity contribution in [2.75, 3.05) is 6.61 Å². The fourth-order valence-corrected chi connectivity index (χ4v) is 1.99. The van der Waals surface area contributed by atoms with Crippen molar-refractivity contribution in [3.05, 3.63) is 35.4 Å². The van der Waals surface area contributed by atoms with E-state index < -0.39 is 5.41 Å². The van der Waals surface area contributed by atoms with Crippen LogP contribution in [0.3, 0.4) is 0 Å². The monoisotopic (exact) mass is 312 g/mol. The van der Waals surface area contributed by atoms with Gasteiger partial charge < -0.3 is 4.74 Å². The zero-order valence-corrected chi connectivity index (χ0v) is 12.9. The number of carbonyl (C=O) groups is 1. The topological polar surface area (TPSA) is 26.3 Å². The summed E-state index contributed by atoms with van der Waals surface area (Å²) in [4.78, 5) is 12.1. The third-order valence-corrected chi connectivity index (χ3v) is 3.72. The molecule has 2 nitrogen and oxygen atoms in total. The second kappa shape index (κ2) is 6.93. The second-order valence-corrected chi connectivity index (χ2v) is 5.51. The summed E-state index contributed by atoms with van der Waals surface area (Å²) in [5.74, 6) is -0.150. The molecule has 0 aromatic heterocycles. The molecule has 0 amide bonds. The minimum Gasteiger partial charge on any atom is -0.465 e. The lowest BCUT2D eigenvalue weighted by Crippen LogP contribution is -2.31. The molecule has 0 spiro atoms. The molecule has 1 aromatic carbocycles. The van der Waals surface area contributed by atoms with Crippen molar-refractivity contribution in [2.45, 2.75) is 44.4 Å². The lowest BCUT2D eigenvalue weighted by molar-refractivity contribution is -0.149. The van der Waals surface area contributed by atoms with Gasteiger partial charge in [-0.2, -0.15) is 0 Å².